The monoisotopic (exact) mass is 289 g/mol. The van der Waals surface area contributed by atoms with E-state index in [4.69, 9.17) is 16.3 Å². The van der Waals surface area contributed by atoms with Gasteiger partial charge >= 0.3 is 0 Å². The number of nitrogens with zero attached hydrogens (tertiary/aromatic N) is 1. The van der Waals surface area contributed by atoms with Gasteiger partial charge in [0.05, 0.1) is 18.2 Å². The second-order valence-corrected chi connectivity index (χ2v) is 5.31. The highest BCUT2D eigenvalue weighted by Gasteiger charge is 2.22. The maximum Gasteiger partial charge on any atom is 0.142 e. The summed E-state index contributed by atoms with van der Waals surface area (Å²) in [5.41, 5.74) is 2.17. The number of para-hydroxylation sites is 2. The first-order chi connectivity index (χ1) is 9.65. The van der Waals surface area contributed by atoms with Crippen LogP contribution in [0.4, 0.5) is 5.69 Å². The molecule has 2 nitrogen and oxygen atoms in total. The number of ether oxygens (including phenoxy) is 1. The third-order valence-corrected chi connectivity index (χ3v) is 4.23. The van der Waals surface area contributed by atoms with E-state index in [1.165, 1.54) is 0 Å². The van der Waals surface area contributed by atoms with Crippen LogP contribution in [0.5, 0.6) is 5.75 Å². The zero-order valence-electron chi connectivity index (χ0n) is 12.1. The fourth-order valence-corrected chi connectivity index (χ4v) is 2.57. The quantitative estimate of drug-likeness (QED) is 0.752. The second-order valence-electron chi connectivity index (χ2n) is 4.84. The van der Waals surface area contributed by atoms with Crippen molar-refractivity contribution in [1.29, 1.82) is 0 Å². The van der Waals surface area contributed by atoms with Crippen LogP contribution in [-0.2, 0) is 0 Å². The minimum atomic E-state index is -0.0777. The SMILES string of the molecule is COc1ccccc1N(C)C(C)C(Cl)c1ccccc1. The van der Waals surface area contributed by atoms with Crippen molar-refractivity contribution in [2.24, 2.45) is 0 Å². The smallest absolute Gasteiger partial charge is 0.142 e. The summed E-state index contributed by atoms with van der Waals surface area (Å²) < 4.78 is 5.42. The Kier molecular flexibility index (Phi) is 4.91. The molecule has 0 N–H and O–H groups in total. The average molecular weight is 290 g/mol. The molecular weight excluding hydrogens is 270 g/mol. The highest BCUT2D eigenvalue weighted by Crippen LogP contribution is 2.33. The molecule has 0 aliphatic carbocycles. The van der Waals surface area contributed by atoms with Crippen LogP contribution in [0.25, 0.3) is 0 Å². The van der Waals surface area contributed by atoms with Crippen molar-refractivity contribution >= 4 is 17.3 Å². The summed E-state index contributed by atoms with van der Waals surface area (Å²) in [4.78, 5) is 2.16. The van der Waals surface area contributed by atoms with Gasteiger partial charge in [-0.1, -0.05) is 42.5 Å². The van der Waals surface area contributed by atoms with Crippen LogP contribution in [-0.4, -0.2) is 20.2 Å². The summed E-state index contributed by atoms with van der Waals surface area (Å²) in [5.74, 6) is 0.860. The fraction of sp³-hybridized carbons (Fsp3) is 0.294. The van der Waals surface area contributed by atoms with Crippen LogP contribution in [0.2, 0.25) is 0 Å². The van der Waals surface area contributed by atoms with E-state index < -0.39 is 0 Å². The molecule has 0 heterocycles. The largest absolute Gasteiger partial charge is 0.495 e. The highest BCUT2D eigenvalue weighted by atomic mass is 35.5. The molecule has 0 spiro atoms. The number of hydrogen-bond donors (Lipinski definition) is 0. The number of hydrogen-bond acceptors (Lipinski definition) is 2. The van der Waals surface area contributed by atoms with Gasteiger partial charge in [-0.2, -0.15) is 0 Å². The van der Waals surface area contributed by atoms with Crippen molar-refractivity contribution in [3.05, 3.63) is 60.2 Å². The number of methoxy groups -OCH3 is 1. The molecule has 0 bridgehead atoms. The minimum absolute atomic E-state index is 0.0777. The number of halogens is 1. The predicted molar refractivity (Wildman–Crippen MR) is 85.9 cm³/mol. The van der Waals surface area contributed by atoms with E-state index in [2.05, 4.69) is 24.0 Å². The van der Waals surface area contributed by atoms with Gasteiger partial charge in [0.1, 0.15) is 5.75 Å². The second kappa shape index (κ2) is 6.67. The van der Waals surface area contributed by atoms with Crippen LogP contribution in [0, 0.1) is 0 Å². The van der Waals surface area contributed by atoms with Crippen molar-refractivity contribution in [2.75, 3.05) is 19.1 Å². The van der Waals surface area contributed by atoms with E-state index in [-0.39, 0.29) is 11.4 Å². The standard InChI is InChI=1S/C17H20ClNO/c1-13(17(18)14-9-5-4-6-10-14)19(2)15-11-7-8-12-16(15)20-3/h4-13,17H,1-3H3. The van der Waals surface area contributed by atoms with Gasteiger partial charge in [-0.05, 0) is 24.6 Å². The van der Waals surface area contributed by atoms with Crippen molar-refractivity contribution in [3.63, 3.8) is 0 Å². The van der Waals surface area contributed by atoms with Crippen LogP contribution in [0.15, 0.2) is 54.6 Å². The first-order valence-corrected chi connectivity index (χ1v) is 7.13. The molecule has 2 rings (SSSR count). The molecule has 0 aliphatic heterocycles. The molecule has 2 aromatic carbocycles. The van der Waals surface area contributed by atoms with Gasteiger partial charge in [0.2, 0.25) is 0 Å². The summed E-state index contributed by atoms with van der Waals surface area (Å²) in [5, 5.41) is -0.0777. The lowest BCUT2D eigenvalue weighted by Crippen LogP contribution is -2.32. The Labute approximate surface area is 125 Å². The van der Waals surface area contributed by atoms with Crippen LogP contribution >= 0.6 is 11.6 Å². The fourth-order valence-electron chi connectivity index (χ4n) is 2.25. The molecule has 0 aliphatic rings. The van der Waals surface area contributed by atoms with Crippen molar-refractivity contribution < 1.29 is 4.74 Å². The van der Waals surface area contributed by atoms with Gasteiger partial charge in [-0.3, -0.25) is 0 Å². The van der Waals surface area contributed by atoms with Gasteiger partial charge in [0, 0.05) is 13.1 Å². The molecule has 0 fully saturated rings. The first-order valence-electron chi connectivity index (χ1n) is 6.70. The normalized spacial score (nSPS) is 13.6. The zero-order valence-corrected chi connectivity index (χ0v) is 12.8. The maximum absolute atomic E-state index is 6.61. The van der Waals surface area contributed by atoms with Crippen molar-refractivity contribution in [1.82, 2.24) is 0 Å². The van der Waals surface area contributed by atoms with E-state index >= 15 is 0 Å². The Hall–Kier alpha value is -1.67. The topological polar surface area (TPSA) is 12.5 Å². The third kappa shape index (κ3) is 3.07. The molecular formula is C17H20ClNO. The predicted octanol–water partition coefficient (Wildman–Crippen LogP) is 4.50. The van der Waals surface area contributed by atoms with Crippen LogP contribution < -0.4 is 9.64 Å². The first kappa shape index (κ1) is 14.7. The molecule has 20 heavy (non-hydrogen) atoms. The number of rotatable bonds is 5. The van der Waals surface area contributed by atoms with E-state index in [1.807, 2.05) is 49.5 Å². The number of anilines is 1. The Morgan fingerprint density at radius 3 is 2.25 bits per heavy atom. The Morgan fingerprint density at radius 1 is 1.00 bits per heavy atom. The molecule has 0 saturated heterocycles. The van der Waals surface area contributed by atoms with Gasteiger partial charge < -0.3 is 9.64 Å². The number of benzene rings is 2. The Morgan fingerprint density at radius 2 is 1.60 bits per heavy atom. The number of alkyl halides is 1. The Bertz CT molecular complexity index is 544. The maximum atomic E-state index is 6.61. The molecule has 0 amide bonds. The number of likely N-dealkylation sites (N-methyl/N-ethyl adjacent to an activating group) is 1. The zero-order chi connectivity index (χ0) is 14.5. The summed E-state index contributed by atoms with van der Waals surface area (Å²) in [6.07, 6.45) is 0. The highest BCUT2D eigenvalue weighted by molar-refractivity contribution is 6.21. The van der Waals surface area contributed by atoms with Crippen molar-refractivity contribution in [3.8, 4) is 5.75 Å². The van der Waals surface area contributed by atoms with E-state index in [9.17, 15) is 0 Å². The molecule has 2 atom stereocenters. The van der Waals surface area contributed by atoms with Crippen LogP contribution in [0.1, 0.15) is 17.9 Å². The summed E-state index contributed by atoms with van der Waals surface area (Å²) >= 11 is 6.61. The van der Waals surface area contributed by atoms with Crippen molar-refractivity contribution in [2.45, 2.75) is 18.3 Å². The summed E-state index contributed by atoms with van der Waals surface area (Å²) in [6, 6.07) is 18.3. The Balaban J connectivity index is 2.22. The average Bonchev–Trinajstić information content (AvgIpc) is 2.53. The van der Waals surface area contributed by atoms with E-state index in [0.717, 1.165) is 17.0 Å². The molecule has 2 aromatic rings. The van der Waals surface area contributed by atoms with E-state index in [1.54, 1.807) is 7.11 Å². The minimum Gasteiger partial charge on any atom is -0.495 e. The van der Waals surface area contributed by atoms with E-state index in [0.29, 0.717) is 0 Å². The van der Waals surface area contributed by atoms with Gasteiger partial charge in [-0.25, -0.2) is 0 Å². The lowest BCUT2D eigenvalue weighted by molar-refractivity contribution is 0.413. The van der Waals surface area contributed by atoms with Crippen LogP contribution in [0.3, 0.4) is 0 Å². The molecule has 106 valence electrons. The molecule has 0 saturated carbocycles. The van der Waals surface area contributed by atoms with Gasteiger partial charge in [-0.15, -0.1) is 11.6 Å². The molecule has 2 unspecified atom stereocenters. The molecule has 3 heteroatoms. The molecule has 0 radical (unpaired) electrons. The lowest BCUT2D eigenvalue weighted by atomic mass is 10.0. The van der Waals surface area contributed by atoms with Gasteiger partial charge in [0.15, 0.2) is 0 Å². The lowest BCUT2D eigenvalue weighted by Gasteiger charge is -2.31. The summed E-state index contributed by atoms with van der Waals surface area (Å²) in [6.45, 7) is 2.12. The van der Waals surface area contributed by atoms with Gasteiger partial charge in [0.25, 0.3) is 0 Å². The third-order valence-electron chi connectivity index (χ3n) is 3.62. The molecule has 0 aromatic heterocycles. The summed E-state index contributed by atoms with van der Waals surface area (Å²) in [7, 11) is 3.73.